The molecule has 9 heteroatoms. The van der Waals surface area contributed by atoms with Gasteiger partial charge in [-0.1, -0.05) is 60.7 Å². The Labute approximate surface area is 207 Å². The number of anilines is 1. The average molecular weight is 497 g/mol. The number of carbonyl (C=O) groups is 2. The minimum absolute atomic E-state index is 0.219. The molecule has 2 N–H and O–H groups in total. The van der Waals surface area contributed by atoms with Crippen molar-refractivity contribution in [1.29, 1.82) is 0 Å². The van der Waals surface area contributed by atoms with Gasteiger partial charge < -0.3 is 15.5 Å². The summed E-state index contributed by atoms with van der Waals surface area (Å²) in [6.07, 6.45) is -3.01. The molecule has 36 heavy (non-hydrogen) atoms. The van der Waals surface area contributed by atoms with Gasteiger partial charge in [0.2, 0.25) is 11.8 Å². The molecule has 1 heterocycles. The van der Waals surface area contributed by atoms with Gasteiger partial charge in [0.05, 0.1) is 23.6 Å². The number of hydrogen-bond donors (Lipinski definition) is 2. The number of rotatable bonds is 8. The predicted molar refractivity (Wildman–Crippen MR) is 130 cm³/mol. The Bertz CT molecular complexity index is 1160. The molecular formula is C27H27F3N4O2. The van der Waals surface area contributed by atoms with E-state index in [-0.39, 0.29) is 24.6 Å². The third kappa shape index (κ3) is 5.05. The summed E-state index contributed by atoms with van der Waals surface area (Å²) in [5.74, 6) is -1.43. The van der Waals surface area contributed by atoms with Crippen molar-refractivity contribution < 1.29 is 22.8 Å². The molecule has 0 radical (unpaired) electrons. The molecule has 1 fully saturated rings. The maximum absolute atomic E-state index is 14.1. The van der Waals surface area contributed by atoms with Crippen LogP contribution >= 0.6 is 0 Å². The number of nitrogens with one attached hydrogen (secondary N) is 2. The first-order valence-electron chi connectivity index (χ1n) is 11.6. The van der Waals surface area contributed by atoms with Crippen molar-refractivity contribution in [3.8, 4) is 0 Å². The maximum atomic E-state index is 14.1. The van der Waals surface area contributed by atoms with Crippen LogP contribution in [-0.2, 0) is 9.59 Å². The number of hydrogen-bond acceptors (Lipinski definition) is 4. The zero-order valence-electron chi connectivity index (χ0n) is 19.9. The fourth-order valence-corrected chi connectivity index (χ4v) is 4.41. The van der Waals surface area contributed by atoms with Gasteiger partial charge in [0.15, 0.2) is 6.04 Å². The molecule has 1 aromatic heterocycles. The summed E-state index contributed by atoms with van der Waals surface area (Å²) in [6.45, 7) is 0. The molecule has 0 saturated heterocycles. The molecule has 188 valence electrons. The maximum Gasteiger partial charge on any atom is 0.414 e. The smallest absolute Gasteiger partial charge is 0.373 e. The highest BCUT2D eigenvalue weighted by molar-refractivity contribution is 6.07. The largest absolute Gasteiger partial charge is 0.414 e. The number of nitrogens with zero attached hydrogens (tertiary/aromatic N) is 2. The highest BCUT2D eigenvalue weighted by Crippen LogP contribution is 2.49. The summed E-state index contributed by atoms with van der Waals surface area (Å²) in [6, 6.07) is 19.6. The molecule has 1 aliphatic rings. The van der Waals surface area contributed by atoms with E-state index in [1.807, 2.05) is 60.7 Å². The Kier molecular flexibility index (Phi) is 7.01. The SMILES string of the molecule is CNC(=O)C1(C(=O)N(C)[C@@H](c2ccc(NC(c3ccccc3)c3ccccc3)cn2)C(F)(F)F)CC1. The Balaban J connectivity index is 1.60. The summed E-state index contributed by atoms with van der Waals surface area (Å²) in [5, 5.41) is 5.73. The summed E-state index contributed by atoms with van der Waals surface area (Å²) in [5.41, 5.74) is 0.723. The van der Waals surface area contributed by atoms with Crippen molar-refractivity contribution in [3.05, 3.63) is 95.8 Å². The van der Waals surface area contributed by atoms with E-state index in [1.165, 1.54) is 25.4 Å². The van der Waals surface area contributed by atoms with Gasteiger partial charge in [0, 0.05) is 14.1 Å². The third-order valence-electron chi connectivity index (χ3n) is 6.48. The van der Waals surface area contributed by atoms with Crippen LogP contribution in [0, 0.1) is 5.41 Å². The van der Waals surface area contributed by atoms with Crippen molar-refractivity contribution >= 4 is 17.5 Å². The topological polar surface area (TPSA) is 74.3 Å². The second-order valence-corrected chi connectivity index (χ2v) is 8.89. The first kappa shape index (κ1) is 25.2. The van der Waals surface area contributed by atoms with Gasteiger partial charge in [-0.2, -0.15) is 13.2 Å². The van der Waals surface area contributed by atoms with Crippen LogP contribution in [0.2, 0.25) is 0 Å². The number of halogens is 3. The molecule has 4 rings (SSSR count). The normalized spacial score (nSPS) is 15.2. The van der Waals surface area contributed by atoms with E-state index in [9.17, 15) is 22.8 Å². The standard InChI is InChI=1S/C27H27F3N4O2/c1-31-24(35)26(15-16-26)25(36)34(2)23(27(28,29)30)21-14-13-20(17-32-21)33-22(18-9-5-3-6-10-18)19-11-7-4-8-12-19/h3-14,17,22-23,33H,15-16H2,1-2H3,(H,31,35)/t23-/m0/s1. The molecule has 1 saturated carbocycles. The summed E-state index contributed by atoms with van der Waals surface area (Å²) >= 11 is 0. The number of alkyl halides is 3. The average Bonchev–Trinajstić information content (AvgIpc) is 3.69. The molecule has 2 aromatic carbocycles. The van der Waals surface area contributed by atoms with Crippen molar-refractivity contribution in [2.45, 2.75) is 31.1 Å². The van der Waals surface area contributed by atoms with Crippen molar-refractivity contribution in [3.63, 3.8) is 0 Å². The van der Waals surface area contributed by atoms with Crippen LogP contribution in [0.25, 0.3) is 0 Å². The molecule has 0 aliphatic heterocycles. The van der Waals surface area contributed by atoms with Gasteiger partial charge in [-0.05, 0) is 36.1 Å². The Morgan fingerprint density at radius 3 is 1.92 bits per heavy atom. The first-order valence-corrected chi connectivity index (χ1v) is 11.6. The zero-order valence-corrected chi connectivity index (χ0v) is 19.9. The van der Waals surface area contributed by atoms with E-state index in [1.54, 1.807) is 0 Å². The van der Waals surface area contributed by atoms with E-state index >= 15 is 0 Å². The number of pyridine rings is 1. The minimum atomic E-state index is -4.78. The Hall–Kier alpha value is -3.88. The van der Waals surface area contributed by atoms with Crippen molar-refractivity contribution in [2.75, 3.05) is 19.4 Å². The molecular weight excluding hydrogens is 469 g/mol. The van der Waals surface area contributed by atoms with Crippen LogP contribution in [0.3, 0.4) is 0 Å². The Morgan fingerprint density at radius 1 is 0.944 bits per heavy atom. The highest BCUT2D eigenvalue weighted by Gasteiger charge is 2.60. The van der Waals surface area contributed by atoms with Crippen LogP contribution in [0.15, 0.2) is 79.0 Å². The van der Waals surface area contributed by atoms with Crippen LogP contribution < -0.4 is 10.6 Å². The highest BCUT2D eigenvalue weighted by atomic mass is 19.4. The van der Waals surface area contributed by atoms with Gasteiger partial charge in [-0.3, -0.25) is 14.6 Å². The number of carbonyl (C=O) groups excluding carboxylic acids is 2. The second-order valence-electron chi connectivity index (χ2n) is 8.89. The minimum Gasteiger partial charge on any atom is -0.373 e. The summed E-state index contributed by atoms with van der Waals surface area (Å²) < 4.78 is 42.3. The molecule has 0 unspecified atom stereocenters. The lowest BCUT2D eigenvalue weighted by molar-refractivity contribution is -0.192. The number of amides is 2. The van der Waals surface area contributed by atoms with Gasteiger partial charge in [-0.25, -0.2) is 0 Å². The quantitative estimate of drug-likeness (QED) is 0.437. The van der Waals surface area contributed by atoms with E-state index < -0.39 is 29.4 Å². The molecule has 3 aromatic rings. The van der Waals surface area contributed by atoms with Crippen LogP contribution in [0.5, 0.6) is 0 Å². The van der Waals surface area contributed by atoms with E-state index in [0.717, 1.165) is 18.2 Å². The van der Waals surface area contributed by atoms with E-state index in [2.05, 4.69) is 15.6 Å². The molecule has 6 nitrogen and oxygen atoms in total. The number of benzene rings is 2. The second kappa shape index (κ2) is 10.0. The van der Waals surface area contributed by atoms with Gasteiger partial charge in [-0.15, -0.1) is 0 Å². The van der Waals surface area contributed by atoms with Gasteiger partial charge in [0.25, 0.3) is 0 Å². The van der Waals surface area contributed by atoms with Crippen LogP contribution in [0.4, 0.5) is 18.9 Å². The van der Waals surface area contributed by atoms with Crippen LogP contribution in [-0.4, -0.2) is 42.0 Å². The third-order valence-corrected chi connectivity index (χ3v) is 6.48. The van der Waals surface area contributed by atoms with Crippen molar-refractivity contribution in [1.82, 2.24) is 15.2 Å². The first-order chi connectivity index (χ1) is 17.2. The summed E-state index contributed by atoms with van der Waals surface area (Å²) in [4.78, 5) is 29.8. The molecule has 0 bridgehead atoms. The monoisotopic (exact) mass is 496 g/mol. The molecule has 1 atom stereocenters. The summed E-state index contributed by atoms with van der Waals surface area (Å²) in [7, 11) is 2.43. The van der Waals surface area contributed by atoms with Gasteiger partial charge in [0.1, 0.15) is 5.41 Å². The fourth-order valence-electron chi connectivity index (χ4n) is 4.41. The van der Waals surface area contributed by atoms with Gasteiger partial charge >= 0.3 is 6.18 Å². The predicted octanol–water partition coefficient (Wildman–Crippen LogP) is 4.87. The van der Waals surface area contributed by atoms with Crippen LogP contribution in [0.1, 0.15) is 41.7 Å². The lowest BCUT2D eigenvalue weighted by atomic mass is 9.98. The fraction of sp³-hybridized carbons (Fsp3) is 0.296. The Morgan fingerprint density at radius 2 is 1.50 bits per heavy atom. The lowest BCUT2D eigenvalue weighted by Crippen LogP contribution is -2.47. The molecule has 0 spiro atoms. The molecule has 2 amide bonds. The van der Waals surface area contributed by atoms with E-state index in [0.29, 0.717) is 10.6 Å². The lowest BCUT2D eigenvalue weighted by Gasteiger charge is -2.32. The zero-order chi connectivity index (χ0) is 25.9. The molecule has 1 aliphatic carbocycles. The van der Waals surface area contributed by atoms with E-state index in [4.69, 9.17) is 0 Å². The number of aromatic nitrogens is 1. The van der Waals surface area contributed by atoms with Crippen molar-refractivity contribution in [2.24, 2.45) is 5.41 Å².